The predicted octanol–water partition coefficient (Wildman–Crippen LogP) is 2.05. The zero-order chi connectivity index (χ0) is 9.28. The van der Waals surface area contributed by atoms with Crippen LogP contribution in [0.1, 0.15) is 0 Å². The van der Waals surface area contributed by atoms with Crippen molar-refractivity contribution in [2.75, 3.05) is 0 Å². The Morgan fingerprint density at radius 1 is 1.09 bits per heavy atom. The van der Waals surface area contributed by atoms with Gasteiger partial charge in [-0.25, -0.2) is 8.78 Å². The van der Waals surface area contributed by atoms with Crippen LogP contribution in [0.4, 0.5) is 26.3 Å². The molecule has 0 rings (SSSR count). The van der Waals surface area contributed by atoms with E-state index in [-0.39, 0.29) is 6.07 Å². The van der Waals surface area contributed by atoms with E-state index in [4.69, 9.17) is 5.26 Å². The van der Waals surface area contributed by atoms with Gasteiger partial charge in [-0.3, -0.25) is 0 Å². The predicted molar refractivity (Wildman–Crippen MR) is 21.5 cm³/mol. The number of hydrogen-bond acceptors (Lipinski definition) is 1. The van der Waals surface area contributed by atoms with Gasteiger partial charge < -0.3 is 0 Å². The fourth-order valence-corrected chi connectivity index (χ4v) is 0.212. The van der Waals surface area contributed by atoms with Gasteiger partial charge in [-0.15, -0.1) is 0 Å². The maximum Gasteiger partial charge on any atom is 0.399 e. The van der Waals surface area contributed by atoms with Gasteiger partial charge in [0.15, 0.2) is 0 Å². The normalized spacial score (nSPS) is 13.3. The zero-order valence-corrected chi connectivity index (χ0v) is 4.79. The summed E-state index contributed by atoms with van der Waals surface area (Å²) >= 11 is 0. The Morgan fingerprint density at radius 3 is 1.55 bits per heavy atom. The number of rotatable bonds is 2. The molecule has 0 spiro atoms. The molecule has 0 N–H and O–H groups in total. The van der Waals surface area contributed by atoms with Crippen LogP contribution in [0.5, 0.6) is 0 Å². The Hall–Kier alpha value is -0.930. The van der Waals surface area contributed by atoms with Crippen LogP contribution in [-0.4, -0.2) is 18.3 Å². The topological polar surface area (TPSA) is 23.8 Å². The van der Waals surface area contributed by atoms with E-state index >= 15 is 0 Å². The average Bonchev–Trinajstić information content (AvgIpc) is 1.87. The highest BCUT2D eigenvalue weighted by Gasteiger charge is 2.63. The molecule has 0 aromatic carbocycles. The fraction of sp³-hybridized carbons (Fsp3) is 0.750. The van der Waals surface area contributed by atoms with Crippen molar-refractivity contribution in [1.29, 1.82) is 5.26 Å². The molecule has 0 aliphatic heterocycles. The smallest absolute Gasteiger partial charge is 0.203 e. The highest BCUT2D eigenvalue weighted by molar-refractivity contribution is 5.03. The summed E-state index contributed by atoms with van der Waals surface area (Å²) in [6.07, 6.45) is -4.54. The van der Waals surface area contributed by atoms with E-state index < -0.39 is 18.3 Å². The Kier molecular flexibility index (Phi) is 2.38. The Balaban J connectivity index is 4.71. The minimum atomic E-state index is -5.58. The molecule has 0 unspecified atom stereocenters. The second kappa shape index (κ2) is 2.60. The molecule has 0 aromatic heterocycles. The van der Waals surface area contributed by atoms with Gasteiger partial charge >= 0.3 is 18.3 Å². The Labute approximate surface area is 57.2 Å². The third-order valence-corrected chi connectivity index (χ3v) is 0.833. The van der Waals surface area contributed by atoms with E-state index in [9.17, 15) is 26.3 Å². The highest BCUT2D eigenvalue weighted by Crippen LogP contribution is 2.38. The third-order valence-electron chi connectivity index (χ3n) is 0.833. The molecule has 0 aromatic rings. The molecule has 0 heterocycles. The summed E-state index contributed by atoms with van der Waals surface area (Å²) in [4.78, 5) is 0. The number of alkyl halides is 6. The first kappa shape index (κ1) is 10.1. The average molecular weight is 177 g/mol. The minimum Gasteiger partial charge on any atom is -0.203 e. The second-order valence-corrected chi connectivity index (χ2v) is 1.61. The van der Waals surface area contributed by atoms with Crippen molar-refractivity contribution in [1.82, 2.24) is 0 Å². The minimum absolute atomic E-state index is 0.200. The van der Waals surface area contributed by atoms with E-state index in [0.717, 1.165) is 0 Å². The van der Waals surface area contributed by atoms with Crippen LogP contribution < -0.4 is 0 Å². The fourth-order valence-electron chi connectivity index (χ4n) is 0.212. The number of nitriles is 1. The summed E-state index contributed by atoms with van der Waals surface area (Å²) in [5.74, 6) is -10.9. The van der Waals surface area contributed by atoms with Crippen molar-refractivity contribution in [3.63, 3.8) is 0 Å². The van der Waals surface area contributed by atoms with Crippen molar-refractivity contribution in [2.24, 2.45) is 0 Å². The van der Waals surface area contributed by atoms with Crippen LogP contribution in [0.15, 0.2) is 0 Å². The molecular weight excluding hydrogens is 176 g/mol. The number of hydrogen-bond donors (Lipinski definition) is 0. The molecule has 0 radical (unpaired) electrons. The van der Waals surface area contributed by atoms with Crippen LogP contribution >= 0.6 is 0 Å². The van der Waals surface area contributed by atoms with Crippen LogP contribution in [-0.2, 0) is 0 Å². The molecule has 0 fully saturated rings. The van der Waals surface area contributed by atoms with Crippen molar-refractivity contribution in [3.05, 3.63) is 0 Å². The molecule has 0 aliphatic rings. The lowest BCUT2D eigenvalue weighted by Crippen LogP contribution is -2.45. The summed E-state index contributed by atoms with van der Waals surface area (Å²) in [7, 11) is 0. The summed E-state index contributed by atoms with van der Waals surface area (Å²) in [5.41, 5.74) is 0. The van der Waals surface area contributed by atoms with Crippen molar-refractivity contribution in [2.45, 2.75) is 18.3 Å². The molecule has 0 aliphatic carbocycles. The second-order valence-electron chi connectivity index (χ2n) is 1.61. The molecule has 0 amide bonds. The molecule has 64 valence electrons. The maximum atomic E-state index is 11.6. The number of halogens is 6. The Morgan fingerprint density at radius 2 is 1.45 bits per heavy atom. The van der Waals surface area contributed by atoms with Gasteiger partial charge in [0.2, 0.25) is 0 Å². The first-order valence-corrected chi connectivity index (χ1v) is 2.20. The molecule has 0 saturated heterocycles. The van der Waals surface area contributed by atoms with Gasteiger partial charge in [-0.05, 0) is 0 Å². The quantitative estimate of drug-likeness (QED) is 0.592. The maximum absolute atomic E-state index is 11.6. The molecule has 11 heavy (non-hydrogen) atoms. The van der Waals surface area contributed by atoms with Crippen molar-refractivity contribution < 1.29 is 26.3 Å². The van der Waals surface area contributed by atoms with Gasteiger partial charge in [0, 0.05) is 0 Å². The van der Waals surface area contributed by atoms with E-state index in [1.165, 1.54) is 0 Å². The molecule has 0 saturated carbocycles. The first-order chi connectivity index (χ1) is 4.75. The monoisotopic (exact) mass is 177 g/mol. The van der Waals surface area contributed by atoms with Crippen LogP contribution in [0.3, 0.4) is 0 Å². The summed E-state index contributed by atoms with van der Waals surface area (Å²) in [6.45, 7) is 0. The van der Waals surface area contributed by atoms with Gasteiger partial charge in [0.25, 0.3) is 0 Å². The summed E-state index contributed by atoms with van der Waals surface area (Å²) in [6, 6.07) is -0.200. The van der Waals surface area contributed by atoms with Crippen LogP contribution in [0.2, 0.25) is 0 Å². The molecule has 0 atom stereocenters. The standard InChI is InChI=1S/C4HF6N/c5-2(6)4(9,10)3(7,8)1-11/h2H. The van der Waals surface area contributed by atoms with E-state index in [2.05, 4.69) is 0 Å². The summed E-state index contributed by atoms with van der Waals surface area (Å²) < 4.78 is 68.6. The number of nitrogens with zero attached hydrogens (tertiary/aromatic N) is 1. The third kappa shape index (κ3) is 1.56. The first-order valence-electron chi connectivity index (χ1n) is 2.20. The zero-order valence-electron chi connectivity index (χ0n) is 4.79. The highest BCUT2D eigenvalue weighted by atomic mass is 19.3. The van der Waals surface area contributed by atoms with Gasteiger partial charge in [-0.2, -0.15) is 22.8 Å². The van der Waals surface area contributed by atoms with Crippen LogP contribution in [0, 0.1) is 11.3 Å². The van der Waals surface area contributed by atoms with E-state index in [0.29, 0.717) is 0 Å². The summed E-state index contributed by atoms with van der Waals surface area (Å²) in [5, 5.41) is 7.37. The lowest BCUT2D eigenvalue weighted by Gasteiger charge is -2.18. The van der Waals surface area contributed by atoms with Crippen molar-refractivity contribution in [3.8, 4) is 6.07 Å². The molecule has 7 heteroatoms. The van der Waals surface area contributed by atoms with Crippen LogP contribution in [0.25, 0.3) is 0 Å². The molecule has 1 nitrogen and oxygen atoms in total. The largest absolute Gasteiger partial charge is 0.399 e. The van der Waals surface area contributed by atoms with E-state index in [1.807, 2.05) is 0 Å². The van der Waals surface area contributed by atoms with Crippen molar-refractivity contribution >= 4 is 0 Å². The van der Waals surface area contributed by atoms with Gasteiger partial charge in [-0.1, -0.05) is 0 Å². The lowest BCUT2D eigenvalue weighted by atomic mass is 10.2. The van der Waals surface area contributed by atoms with E-state index in [1.54, 1.807) is 0 Å². The molecular formula is C4HF6N. The SMILES string of the molecule is N#CC(F)(F)C(F)(F)C(F)F. The Bertz CT molecular complexity index is 180. The van der Waals surface area contributed by atoms with Gasteiger partial charge in [0.05, 0.1) is 0 Å². The molecule has 0 bridgehead atoms. The lowest BCUT2D eigenvalue weighted by molar-refractivity contribution is -0.238. The van der Waals surface area contributed by atoms with Gasteiger partial charge in [0.1, 0.15) is 6.07 Å².